The van der Waals surface area contributed by atoms with Gasteiger partial charge in [-0.15, -0.1) is 0 Å². The summed E-state index contributed by atoms with van der Waals surface area (Å²) in [5, 5.41) is 1.44. The molecule has 3 aromatic rings. The van der Waals surface area contributed by atoms with Crippen LogP contribution in [0.2, 0.25) is 0 Å². The first-order valence-corrected chi connectivity index (χ1v) is 10.7. The molecule has 0 fully saturated rings. The average Bonchev–Trinajstić information content (AvgIpc) is 2.71. The molecule has 0 aliphatic carbocycles. The molecule has 0 unspecified atom stereocenters. The summed E-state index contributed by atoms with van der Waals surface area (Å²) in [6.07, 6.45) is 5.20. The lowest BCUT2D eigenvalue weighted by molar-refractivity contribution is 0.404. The van der Waals surface area contributed by atoms with E-state index >= 15 is 0 Å². The first kappa shape index (κ1) is 20.4. The van der Waals surface area contributed by atoms with Crippen molar-refractivity contribution in [1.82, 2.24) is 9.29 Å². The molecule has 0 bridgehead atoms. The Bertz CT molecular complexity index is 1020. The number of benzene rings is 2. The van der Waals surface area contributed by atoms with E-state index in [0.717, 1.165) is 17.4 Å². The van der Waals surface area contributed by atoms with Crippen molar-refractivity contribution < 1.29 is 12.8 Å². The molecule has 0 atom stereocenters. The summed E-state index contributed by atoms with van der Waals surface area (Å²) >= 11 is 0. The molecule has 1 heterocycles. The van der Waals surface area contributed by atoms with Gasteiger partial charge in [0.05, 0.1) is 4.90 Å². The minimum Gasteiger partial charge on any atom is -0.330 e. The topological polar surface area (TPSA) is 76.3 Å². The Morgan fingerprint density at radius 3 is 2.54 bits per heavy atom. The first-order chi connectivity index (χ1) is 13.5. The number of aromatic nitrogens is 1. The molecule has 2 aromatic carbocycles. The fourth-order valence-corrected chi connectivity index (χ4v) is 4.84. The molecular weight excluding hydrogens is 377 g/mol. The number of fused-ring (bicyclic) bond motifs is 1. The quantitative estimate of drug-likeness (QED) is 0.558. The van der Waals surface area contributed by atoms with Gasteiger partial charge < -0.3 is 5.73 Å². The molecule has 5 nitrogen and oxygen atoms in total. The smallest absolute Gasteiger partial charge is 0.243 e. The molecular formula is C21H24FN3O2S. The Balaban J connectivity index is 1.89. The van der Waals surface area contributed by atoms with Crippen molar-refractivity contribution in [2.45, 2.75) is 24.2 Å². The summed E-state index contributed by atoms with van der Waals surface area (Å²) < 4.78 is 41.5. The summed E-state index contributed by atoms with van der Waals surface area (Å²) in [5.41, 5.74) is 6.47. The molecule has 0 amide bonds. The minimum absolute atomic E-state index is 0.277. The van der Waals surface area contributed by atoms with Crippen molar-refractivity contribution in [3.05, 3.63) is 72.3 Å². The van der Waals surface area contributed by atoms with Crippen molar-refractivity contribution >= 4 is 20.8 Å². The van der Waals surface area contributed by atoms with Crippen molar-refractivity contribution in [3.63, 3.8) is 0 Å². The van der Waals surface area contributed by atoms with Crippen LogP contribution in [0.4, 0.5) is 4.39 Å². The lowest BCUT2D eigenvalue weighted by atomic mass is 10.1. The van der Waals surface area contributed by atoms with Crippen LogP contribution in [0.25, 0.3) is 10.8 Å². The molecule has 0 radical (unpaired) electrons. The van der Waals surface area contributed by atoms with Crippen LogP contribution in [0.1, 0.15) is 18.4 Å². The Hall–Kier alpha value is -2.35. The third-order valence-corrected chi connectivity index (χ3v) is 6.64. The number of hydrogen-bond donors (Lipinski definition) is 1. The van der Waals surface area contributed by atoms with E-state index in [-0.39, 0.29) is 10.7 Å². The van der Waals surface area contributed by atoms with E-state index in [4.69, 9.17) is 5.73 Å². The monoisotopic (exact) mass is 401 g/mol. The van der Waals surface area contributed by atoms with Crippen molar-refractivity contribution in [1.29, 1.82) is 0 Å². The number of halogens is 1. The summed E-state index contributed by atoms with van der Waals surface area (Å²) in [5.74, 6) is -0.305. The predicted molar refractivity (Wildman–Crippen MR) is 109 cm³/mol. The van der Waals surface area contributed by atoms with Gasteiger partial charge in [0, 0.05) is 36.3 Å². The van der Waals surface area contributed by atoms with E-state index in [1.165, 1.54) is 16.4 Å². The van der Waals surface area contributed by atoms with Crippen molar-refractivity contribution in [2.24, 2.45) is 5.73 Å². The van der Waals surface area contributed by atoms with Gasteiger partial charge in [-0.3, -0.25) is 4.98 Å². The highest BCUT2D eigenvalue weighted by molar-refractivity contribution is 7.89. The molecule has 0 saturated carbocycles. The molecule has 28 heavy (non-hydrogen) atoms. The second-order valence-corrected chi connectivity index (χ2v) is 8.54. The number of hydrogen-bond acceptors (Lipinski definition) is 4. The third-order valence-electron chi connectivity index (χ3n) is 4.68. The molecule has 148 valence electrons. The van der Waals surface area contributed by atoms with Crippen LogP contribution < -0.4 is 5.73 Å². The van der Waals surface area contributed by atoms with Crippen molar-refractivity contribution in [2.75, 3.05) is 19.6 Å². The summed E-state index contributed by atoms with van der Waals surface area (Å²) in [6.45, 7) is 1.23. The second kappa shape index (κ2) is 9.23. The highest BCUT2D eigenvalue weighted by Gasteiger charge is 2.25. The lowest BCUT2D eigenvalue weighted by Gasteiger charge is -2.23. The molecule has 0 aliphatic heterocycles. The standard InChI is InChI=1S/C21H24FN3O2S/c22-19-8-6-17(7-9-19)11-15-25(14-2-1-12-23)28(26,27)21-5-3-4-18-16-24-13-10-20(18)21/h3-10,13,16H,1-2,11-12,14-15,23H2. The van der Waals surface area contributed by atoms with Gasteiger partial charge in [-0.25, -0.2) is 12.8 Å². The zero-order chi connectivity index (χ0) is 20.0. The van der Waals surface area contributed by atoms with E-state index in [2.05, 4.69) is 4.98 Å². The van der Waals surface area contributed by atoms with E-state index in [0.29, 0.717) is 37.9 Å². The Morgan fingerprint density at radius 2 is 1.79 bits per heavy atom. The molecule has 0 saturated heterocycles. The summed E-state index contributed by atoms with van der Waals surface area (Å²) in [4.78, 5) is 4.35. The molecule has 1 aromatic heterocycles. The lowest BCUT2D eigenvalue weighted by Crippen LogP contribution is -2.34. The fourth-order valence-electron chi connectivity index (χ4n) is 3.15. The van der Waals surface area contributed by atoms with E-state index in [1.807, 2.05) is 6.07 Å². The van der Waals surface area contributed by atoms with E-state index < -0.39 is 10.0 Å². The van der Waals surface area contributed by atoms with Crippen LogP contribution >= 0.6 is 0 Å². The predicted octanol–water partition coefficient (Wildman–Crippen LogP) is 3.35. The first-order valence-electron chi connectivity index (χ1n) is 9.30. The summed E-state index contributed by atoms with van der Waals surface area (Å²) in [6, 6.07) is 13.1. The van der Waals surface area contributed by atoms with Crippen molar-refractivity contribution in [3.8, 4) is 0 Å². The highest BCUT2D eigenvalue weighted by atomic mass is 32.2. The van der Waals surface area contributed by atoms with Crippen LogP contribution in [0, 0.1) is 5.82 Å². The molecule has 0 spiro atoms. The number of rotatable bonds is 9. The number of nitrogens with zero attached hydrogens (tertiary/aromatic N) is 2. The van der Waals surface area contributed by atoms with Gasteiger partial charge in [-0.1, -0.05) is 24.3 Å². The maximum atomic E-state index is 13.4. The SMILES string of the molecule is NCCCCN(CCc1ccc(F)cc1)S(=O)(=O)c1cccc2cnccc12. The average molecular weight is 402 g/mol. The molecule has 2 N–H and O–H groups in total. The Kier molecular flexibility index (Phi) is 6.72. The van der Waals surface area contributed by atoms with Gasteiger partial charge in [0.1, 0.15) is 5.82 Å². The van der Waals surface area contributed by atoms with Gasteiger partial charge in [-0.05, 0) is 55.6 Å². The Morgan fingerprint density at radius 1 is 1.00 bits per heavy atom. The van der Waals surface area contributed by atoms with Gasteiger partial charge in [-0.2, -0.15) is 4.31 Å². The number of pyridine rings is 1. The highest BCUT2D eigenvalue weighted by Crippen LogP contribution is 2.25. The van der Waals surface area contributed by atoms with Crippen LogP contribution in [0.15, 0.2) is 65.8 Å². The van der Waals surface area contributed by atoms with Gasteiger partial charge >= 0.3 is 0 Å². The fraction of sp³-hybridized carbons (Fsp3) is 0.286. The zero-order valence-electron chi connectivity index (χ0n) is 15.6. The van der Waals surface area contributed by atoms with Crippen LogP contribution in [-0.2, 0) is 16.4 Å². The van der Waals surface area contributed by atoms with Crippen LogP contribution in [0.5, 0.6) is 0 Å². The van der Waals surface area contributed by atoms with Gasteiger partial charge in [0.2, 0.25) is 10.0 Å². The maximum Gasteiger partial charge on any atom is 0.243 e. The minimum atomic E-state index is -3.70. The van der Waals surface area contributed by atoms with E-state index in [1.54, 1.807) is 42.7 Å². The Labute approximate surface area is 165 Å². The molecule has 7 heteroatoms. The van der Waals surface area contributed by atoms with Gasteiger partial charge in [0.15, 0.2) is 0 Å². The number of sulfonamides is 1. The number of nitrogens with two attached hydrogens (primary N) is 1. The third kappa shape index (κ3) is 4.73. The van der Waals surface area contributed by atoms with Crippen LogP contribution in [0.3, 0.4) is 0 Å². The molecule has 0 aliphatic rings. The summed E-state index contributed by atoms with van der Waals surface area (Å²) in [7, 11) is -3.70. The zero-order valence-corrected chi connectivity index (χ0v) is 16.4. The maximum absolute atomic E-state index is 13.4. The largest absolute Gasteiger partial charge is 0.330 e. The van der Waals surface area contributed by atoms with Gasteiger partial charge in [0.25, 0.3) is 0 Å². The number of unbranched alkanes of at least 4 members (excludes halogenated alkanes) is 1. The van der Waals surface area contributed by atoms with E-state index in [9.17, 15) is 12.8 Å². The van der Waals surface area contributed by atoms with Crippen LogP contribution in [-0.4, -0.2) is 37.3 Å². The molecule has 3 rings (SSSR count). The second-order valence-electron chi connectivity index (χ2n) is 6.63. The normalized spacial score (nSPS) is 12.0.